The number of rotatable bonds is 2. The summed E-state index contributed by atoms with van der Waals surface area (Å²) in [6, 6.07) is 0. The summed E-state index contributed by atoms with van der Waals surface area (Å²) in [5, 5.41) is 4.05. The van der Waals surface area contributed by atoms with Crippen LogP contribution in [0.15, 0.2) is 6.20 Å². The Balaban J connectivity index is 3.01. The second kappa shape index (κ2) is 2.73. The van der Waals surface area contributed by atoms with Crippen molar-refractivity contribution in [3.05, 3.63) is 11.8 Å². The third kappa shape index (κ3) is 0.988. The quantitative estimate of drug-likeness (QED) is 0.612. The van der Waals surface area contributed by atoms with Gasteiger partial charge in [-0.1, -0.05) is 6.92 Å². The van der Waals surface area contributed by atoms with Crippen LogP contribution in [0.3, 0.4) is 0 Å². The van der Waals surface area contributed by atoms with Gasteiger partial charge in [-0.15, -0.1) is 0 Å². The van der Waals surface area contributed by atoms with E-state index in [1.165, 1.54) is 0 Å². The lowest BCUT2D eigenvalue weighted by atomic mass is 10.3. The second-order valence-electron chi connectivity index (χ2n) is 2.16. The van der Waals surface area contributed by atoms with Gasteiger partial charge in [0.05, 0.1) is 13.3 Å². The molecular weight excluding hydrogens is 128 g/mol. The SMILES string of the molecule is CCc1cnn(C)c1OC. The van der Waals surface area contributed by atoms with Crippen molar-refractivity contribution in [2.24, 2.45) is 7.05 Å². The largest absolute Gasteiger partial charge is 0.481 e. The van der Waals surface area contributed by atoms with E-state index < -0.39 is 0 Å². The van der Waals surface area contributed by atoms with Crippen LogP contribution in [0.5, 0.6) is 5.88 Å². The van der Waals surface area contributed by atoms with Gasteiger partial charge in [-0.3, -0.25) is 0 Å². The first-order chi connectivity index (χ1) is 4.79. The van der Waals surface area contributed by atoms with E-state index in [1.807, 2.05) is 13.2 Å². The Bertz CT molecular complexity index is 217. The fourth-order valence-electron chi connectivity index (χ4n) is 0.978. The maximum Gasteiger partial charge on any atom is 0.214 e. The first-order valence-corrected chi connectivity index (χ1v) is 3.34. The summed E-state index contributed by atoms with van der Waals surface area (Å²) >= 11 is 0. The predicted molar refractivity (Wildman–Crippen MR) is 39.1 cm³/mol. The zero-order valence-corrected chi connectivity index (χ0v) is 6.59. The van der Waals surface area contributed by atoms with Crippen molar-refractivity contribution in [1.29, 1.82) is 0 Å². The average molecular weight is 140 g/mol. The minimum atomic E-state index is 0.863. The topological polar surface area (TPSA) is 27.1 Å². The molecule has 0 atom stereocenters. The molecule has 0 amide bonds. The molecule has 3 heteroatoms. The van der Waals surface area contributed by atoms with Crippen LogP contribution >= 0.6 is 0 Å². The molecule has 1 aromatic rings. The summed E-state index contributed by atoms with van der Waals surface area (Å²) in [7, 11) is 3.54. The molecule has 3 nitrogen and oxygen atoms in total. The van der Waals surface area contributed by atoms with Crippen LogP contribution in [0.2, 0.25) is 0 Å². The normalized spacial score (nSPS) is 9.90. The number of nitrogens with zero attached hydrogens (tertiary/aromatic N) is 2. The van der Waals surface area contributed by atoms with Gasteiger partial charge in [0.25, 0.3) is 0 Å². The third-order valence-electron chi connectivity index (χ3n) is 1.53. The zero-order valence-electron chi connectivity index (χ0n) is 6.59. The molecule has 0 saturated heterocycles. The van der Waals surface area contributed by atoms with Crippen molar-refractivity contribution in [1.82, 2.24) is 9.78 Å². The lowest BCUT2D eigenvalue weighted by Gasteiger charge is -2.00. The molecule has 0 unspecified atom stereocenters. The highest BCUT2D eigenvalue weighted by Crippen LogP contribution is 2.15. The highest BCUT2D eigenvalue weighted by Gasteiger charge is 2.04. The summed E-state index contributed by atoms with van der Waals surface area (Å²) in [6.45, 7) is 2.08. The van der Waals surface area contributed by atoms with Crippen LogP contribution < -0.4 is 4.74 Å². The van der Waals surface area contributed by atoms with Crippen molar-refractivity contribution in [3.63, 3.8) is 0 Å². The number of aromatic nitrogens is 2. The Kier molecular flexibility index (Phi) is 1.94. The minimum Gasteiger partial charge on any atom is -0.481 e. The summed E-state index contributed by atoms with van der Waals surface area (Å²) in [4.78, 5) is 0. The Labute approximate surface area is 60.6 Å². The monoisotopic (exact) mass is 140 g/mol. The van der Waals surface area contributed by atoms with Gasteiger partial charge >= 0.3 is 0 Å². The molecule has 1 heterocycles. The zero-order chi connectivity index (χ0) is 7.56. The van der Waals surface area contributed by atoms with Gasteiger partial charge < -0.3 is 4.74 Å². The summed E-state index contributed by atoms with van der Waals surface area (Å²) in [5.74, 6) is 0.863. The molecule has 0 aliphatic heterocycles. The minimum absolute atomic E-state index is 0.863. The molecule has 0 saturated carbocycles. The van der Waals surface area contributed by atoms with Crippen molar-refractivity contribution in [2.75, 3.05) is 7.11 Å². The molecule has 0 aliphatic carbocycles. The molecule has 56 valence electrons. The highest BCUT2D eigenvalue weighted by molar-refractivity contribution is 5.23. The van der Waals surface area contributed by atoms with Gasteiger partial charge in [-0.2, -0.15) is 5.10 Å². The molecule has 10 heavy (non-hydrogen) atoms. The molecule has 0 spiro atoms. The van der Waals surface area contributed by atoms with Crippen LogP contribution in [0, 0.1) is 0 Å². The van der Waals surface area contributed by atoms with E-state index in [9.17, 15) is 0 Å². The van der Waals surface area contributed by atoms with E-state index in [0.29, 0.717) is 0 Å². The fourth-order valence-corrected chi connectivity index (χ4v) is 0.978. The summed E-state index contributed by atoms with van der Waals surface area (Å²) in [6.07, 6.45) is 2.80. The molecular formula is C7H12N2O. The predicted octanol–water partition coefficient (Wildman–Crippen LogP) is 0.991. The Morgan fingerprint density at radius 1 is 1.70 bits per heavy atom. The molecule has 0 radical (unpaired) electrons. The number of ether oxygens (including phenoxy) is 1. The van der Waals surface area contributed by atoms with Crippen molar-refractivity contribution in [2.45, 2.75) is 13.3 Å². The van der Waals surface area contributed by atoms with Crippen molar-refractivity contribution < 1.29 is 4.74 Å². The van der Waals surface area contributed by atoms with E-state index in [2.05, 4.69) is 12.0 Å². The van der Waals surface area contributed by atoms with E-state index in [0.717, 1.165) is 17.9 Å². The van der Waals surface area contributed by atoms with E-state index >= 15 is 0 Å². The van der Waals surface area contributed by atoms with Gasteiger partial charge in [0.2, 0.25) is 5.88 Å². The first-order valence-electron chi connectivity index (χ1n) is 3.34. The summed E-state index contributed by atoms with van der Waals surface area (Å²) in [5.41, 5.74) is 1.16. The fraction of sp³-hybridized carbons (Fsp3) is 0.571. The van der Waals surface area contributed by atoms with Gasteiger partial charge in [0.1, 0.15) is 0 Å². The molecule has 1 rings (SSSR count). The highest BCUT2D eigenvalue weighted by atomic mass is 16.5. The van der Waals surface area contributed by atoms with E-state index in [-0.39, 0.29) is 0 Å². The third-order valence-corrected chi connectivity index (χ3v) is 1.53. The molecule has 0 aromatic carbocycles. The molecule has 0 fully saturated rings. The van der Waals surface area contributed by atoms with Gasteiger partial charge in [-0.25, -0.2) is 4.68 Å². The number of hydrogen-bond donors (Lipinski definition) is 0. The van der Waals surface area contributed by atoms with Crippen LogP contribution in [0.4, 0.5) is 0 Å². The number of hydrogen-bond acceptors (Lipinski definition) is 2. The molecule has 1 aromatic heterocycles. The average Bonchev–Trinajstić information content (AvgIpc) is 2.30. The lowest BCUT2D eigenvalue weighted by Crippen LogP contribution is -1.96. The molecule has 0 bridgehead atoms. The van der Waals surface area contributed by atoms with Crippen molar-refractivity contribution in [3.8, 4) is 5.88 Å². The van der Waals surface area contributed by atoms with Crippen molar-refractivity contribution >= 4 is 0 Å². The lowest BCUT2D eigenvalue weighted by molar-refractivity contribution is 0.369. The van der Waals surface area contributed by atoms with Crippen LogP contribution in [0.1, 0.15) is 12.5 Å². The van der Waals surface area contributed by atoms with Crippen LogP contribution in [0.25, 0.3) is 0 Å². The Morgan fingerprint density at radius 2 is 2.40 bits per heavy atom. The molecule has 0 aliphatic rings. The van der Waals surface area contributed by atoms with Gasteiger partial charge in [0.15, 0.2) is 0 Å². The Morgan fingerprint density at radius 3 is 2.80 bits per heavy atom. The Hall–Kier alpha value is -0.990. The van der Waals surface area contributed by atoms with Gasteiger partial charge in [-0.05, 0) is 6.42 Å². The second-order valence-corrected chi connectivity index (χ2v) is 2.16. The standard InChI is InChI=1S/C7H12N2O/c1-4-6-5-8-9(2)7(6)10-3/h5H,4H2,1-3H3. The maximum absolute atomic E-state index is 5.11. The van der Waals surface area contributed by atoms with Crippen LogP contribution in [-0.4, -0.2) is 16.9 Å². The number of methoxy groups -OCH3 is 1. The van der Waals surface area contributed by atoms with Crippen LogP contribution in [-0.2, 0) is 13.5 Å². The maximum atomic E-state index is 5.11. The van der Waals surface area contributed by atoms with Gasteiger partial charge in [0, 0.05) is 12.6 Å². The van der Waals surface area contributed by atoms with E-state index in [4.69, 9.17) is 4.74 Å². The first kappa shape index (κ1) is 7.12. The number of aryl methyl sites for hydroxylation is 2. The smallest absolute Gasteiger partial charge is 0.214 e. The molecule has 0 N–H and O–H groups in total. The van der Waals surface area contributed by atoms with E-state index in [1.54, 1.807) is 11.8 Å². The summed E-state index contributed by atoms with van der Waals surface area (Å²) < 4.78 is 6.84.